The second-order valence-electron chi connectivity index (χ2n) is 7.91. The van der Waals surface area contributed by atoms with E-state index < -0.39 is 5.60 Å². The minimum Gasteiger partial charge on any atom is -0.495 e. The summed E-state index contributed by atoms with van der Waals surface area (Å²) >= 11 is 0. The molecule has 1 atom stereocenters. The van der Waals surface area contributed by atoms with E-state index in [0.717, 1.165) is 41.3 Å². The fourth-order valence-electron chi connectivity index (χ4n) is 4.00. The predicted molar refractivity (Wildman–Crippen MR) is 115 cm³/mol. The molecule has 3 rings (SSSR count). The number of ether oxygens (including phenoxy) is 2. The SMILES string of the molecule is CCCc1cc(=O)oc2c(C(CC)NCCO)c(OC)c3c(c12)OC(C)(C)C=C3. The number of benzene rings is 1. The molecule has 0 aliphatic carbocycles. The van der Waals surface area contributed by atoms with Crippen molar-refractivity contribution in [2.24, 2.45) is 0 Å². The first-order valence-corrected chi connectivity index (χ1v) is 10.3. The van der Waals surface area contributed by atoms with E-state index >= 15 is 0 Å². The lowest BCUT2D eigenvalue weighted by Crippen LogP contribution is -2.29. The Morgan fingerprint density at radius 1 is 1.31 bits per heavy atom. The fraction of sp³-hybridized carbons (Fsp3) is 0.522. The highest BCUT2D eigenvalue weighted by Gasteiger charge is 2.32. The van der Waals surface area contributed by atoms with Gasteiger partial charge in [-0.05, 0) is 44.4 Å². The fourth-order valence-corrected chi connectivity index (χ4v) is 4.00. The molecule has 6 heteroatoms. The van der Waals surface area contributed by atoms with Gasteiger partial charge in [0.25, 0.3) is 0 Å². The molecule has 0 saturated carbocycles. The minimum absolute atomic E-state index is 0.0178. The van der Waals surface area contributed by atoms with Gasteiger partial charge in [-0.2, -0.15) is 0 Å². The summed E-state index contributed by atoms with van der Waals surface area (Å²) in [4.78, 5) is 12.4. The number of hydrogen-bond acceptors (Lipinski definition) is 6. The number of hydrogen-bond donors (Lipinski definition) is 2. The average Bonchev–Trinajstić information content (AvgIpc) is 2.67. The van der Waals surface area contributed by atoms with Crippen LogP contribution in [0.5, 0.6) is 11.5 Å². The Morgan fingerprint density at radius 2 is 2.07 bits per heavy atom. The van der Waals surface area contributed by atoms with E-state index in [9.17, 15) is 9.90 Å². The predicted octanol–water partition coefficient (Wildman–Crippen LogP) is 3.97. The Bertz CT molecular complexity index is 974. The van der Waals surface area contributed by atoms with E-state index in [2.05, 4.69) is 12.2 Å². The summed E-state index contributed by atoms with van der Waals surface area (Å²) in [7, 11) is 1.62. The third-order valence-electron chi connectivity index (χ3n) is 5.25. The topological polar surface area (TPSA) is 80.9 Å². The van der Waals surface area contributed by atoms with Crippen molar-refractivity contribution in [2.45, 2.75) is 58.6 Å². The minimum atomic E-state index is -0.481. The van der Waals surface area contributed by atoms with Crippen LogP contribution in [0, 0.1) is 0 Å². The van der Waals surface area contributed by atoms with Gasteiger partial charge in [0.2, 0.25) is 0 Å². The molecule has 6 nitrogen and oxygen atoms in total. The Morgan fingerprint density at radius 3 is 2.69 bits per heavy atom. The number of aliphatic hydroxyl groups excluding tert-OH is 1. The van der Waals surface area contributed by atoms with Crippen molar-refractivity contribution in [2.75, 3.05) is 20.3 Å². The van der Waals surface area contributed by atoms with Gasteiger partial charge >= 0.3 is 5.63 Å². The van der Waals surface area contributed by atoms with Gasteiger partial charge < -0.3 is 24.3 Å². The zero-order valence-corrected chi connectivity index (χ0v) is 17.9. The average molecular weight is 402 g/mol. The van der Waals surface area contributed by atoms with Crippen LogP contribution in [-0.2, 0) is 6.42 Å². The zero-order valence-electron chi connectivity index (χ0n) is 17.9. The van der Waals surface area contributed by atoms with Gasteiger partial charge in [-0.15, -0.1) is 0 Å². The van der Waals surface area contributed by atoms with E-state index in [0.29, 0.717) is 23.6 Å². The molecule has 0 bridgehead atoms. The van der Waals surface area contributed by atoms with Crippen molar-refractivity contribution in [1.29, 1.82) is 0 Å². The maximum absolute atomic E-state index is 12.4. The molecular weight excluding hydrogens is 370 g/mol. The number of nitrogens with one attached hydrogen (secondary N) is 1. The van der Waals surface area contributed by atoms with Gasteiger partial charge in [0.1, 0.15) is 17.1 Å². The van der Waals surface area contributed by atoms with Crippen molar-refractivity contribution in [3.8, 4) is 11.5 Å². The second-order valence-corrected chi connectivity index (χ2v) is 7.91. The molecule has 0 fully saturated rings. The van der Waals surface area contributed by atoms with Crippen LogP contribution in [0.1, 0.15) is 63.3 Å². The van der Waals surface area contributed by atoms with Gasteiger partial charge in [0.05, 0.1) is 30.2 Å². The first-order chi connectivity index (χ1) is 13.9. The Labute approximate surface area is 171 Å². The van der Waals surface area contributed by atoms with Crippen molar-refractivity contribution < 1.29 is 19.0 Å². The van der Waals surface area contributed by atoms with Crippen LogP contribution < -0.4 is 20.4 Å². The van der Waals surface area contributed by atoms with E-state index in [1.807, 2.05) is 32.9 Å². The third-order valence-corrected chi connectivity index (χ3v) is 5.25. The van der Waals surface area contributed by atoms with Crippen LogP contribution in [0.25, 0.3) is 17.0 Å². The van der Waals surface area contributed by atoms with Crippen LogP contribution in [0.3, 0.4) is 0 Å². The Kier molecular flexibility index (Phi) is 6.34. The number of aryl methyl sites for hydroxylation is 1. The summed E-state index contributed by atoms with van der Waals surface area (Å²) in [5.74, 6) is 1.32. The van der Waals surface area contributed by atoms with E-state index in [-0.39, 0.29) is 18.3 Å². The highest BCUT2D eigenvalue weighted by atomic mass is 16.5. The van der Waals surface area contributed by atoms with Crippen molar-refractivity contribution in [1.82, 2.24) is 5.32 Å². The monoisotopic (exact) mass is 401 g/mol. The molecule has 1 aliphatic rings. The molecule has 2 N–H and O–H groups in total. The van der Waals surface area contributed by atoms with Gasteiger partial charge in [-0.3, -0.25) is 0 Å². The molecule has 29 heavy (non-hydrogen) atoms. The van der Waals surface area contributed by atoms with Crippen LogP contribution in [-0.4, -0.2) is 31.0 Å². The first-order valence-electron chi connectivity index (χ1n) is 10.3. The summed E-state index contributed by atoms with van der Waals surface area (Å²) in [6.45, 7) is 8.56. The van der Waals surface area contributed by atoms with Crippen molar-refractivity contribution in [3.05, 3.63) is 39.3 Å². The molecule has 1 aliphatic heterocycles. The summed E-state index contributed by atoms with van der Waals surface area (Å²) in [5, 5.41) is 13.5. The lowest BCUT2D eigenvalue weighted by atomic mass is 9.90. The van der Waals surface area contributed by atoms with Crippen molar-refractivity contribution in [3.63, 3.8) is 0 Å². The van der Waals surface area contributed by atoms with Gasteiger partial charge in [0.15, 0.2) is 5.58 Å². The molecule has 1 aromatic carbocycles. The molecule has 0 spiro atoms. The largest absolute Gasteiger partial charge is 0.495 e. The van der Waals surface area contributed by atoms with Crippen LogP contribution in [0.4, 0.5) is 0 Å². The summed E-state index contributed by atoms with van der Waals surface area (Å²) in [6.07, 6.45) is 6.42. The molecule has 2 heterocycles. The van der Waals surface area contributed by atoms with Crippen LogP contribution in [0.2, 0.25) is 0 Å². The third kappa shape index (κ3) is 4.05. The number of methoxy groups -OCH3 is 1. The Balaban J connectivity index is 2.45. The maximum atomic E-state index is 12.4. The van der Waals surface area contributed by atoms with Crippen LogP contribution >= 0.6 is 0 Å². The zero-order chi connectivity index (χ0) is 21.2. The standard InChI is InChI=1S/C23H31NO5/c1-6-8-14-13-17(26)28-22-18(14)21-15(9-10-23(3,4)29-21)20(27-5)19(22)16(7-2)24-11-12-25/h9-10,13,16,24-25H,6-8,11-12H2,1-5H3. The summed E-state index contributed by atoms with van der Waals surface area (Å²) in [5.41, 5.74) is 2.20. The highest BCUT2D eigenvalue weighted by Crippen LogP contribution is 2.48. The Hall–Kier alpha value is -2.31. The molecule has 1 unspecified atom stereocenters. The molecular formula is C23H31NO5. The number of aliphatic hydroxyl groups is 1. The van der Waals surface area contributed by atoms with Crippen LogP contribution in [0.15, 0.2) is 21.4 Å². The van der Waals surface area contributed by atoms with Gasteiger partial charge in [-0.1, -0.05) is 20.3 Å². The normalized spacial score (nSPS) is 15.8. The molecule has 2 aromatic rings. The molecule has 1 aromatic heterocycles. The maximum Gasteiger partial charge on any atom is 0.336 e. The second kappa shape index (κ2) is 8.59. The lowest BCUT2D eigenvalue weighted by molar-refractivity contribution is 0.160. The number of fused-ring (bicyclic) bond motifs is 3. The number of rotatable bonds is 8. The van der Waals surface area contributed by atoms with Gasteiger partial charge in [-0.25, -0.2) is 4.79 Å². The van der Waals surface area contributed by atoms with Gasteiger partial charge in [0, 0.05) is 18.7 Å². The summed E-state index contributed by atoms with van der Waals surface area (Å²) < 4.78 is 18.0. The highest BCUT2D eigenvalue weighted by molar-refractivity contribution is 5.97. The molecule has 0 amide bonds. The first kappa shape index (κ1) is 21.4. The molecule has 0 radical (unpaired) electrons. The smallest absolute Gasteiger partial charge is 0.336 e. The molecule has 158 valence electrons. The van der Waals surface area contributed by atoms with E-state index in [1.165, 1.54) is 0 Å². The quantitative estimate of drug-likeness (QED) is 0.652. The van der Waals surface area contributed by atoms with E-state index in [4.69, 9.17) is 13.9 Å². The molecule has 0 saturated heterocycles. The van der Waals surface area contributed by atoms with E-state index in [1.54, 1.807) is 13.2 Å². The summed E-state index contributed by atoms with van der Waals surface area (Å²) in [6, 6.07) is 1.42. The lowest BCUT2D eigenvalue weighted by Gasteiger charge is -2.32. The van der Waals surface area contributed by atoms with Crippen molar-refractivity contribution >= 4 is 17.0 Å².